The number of hydrogen-bond acceptors (Lipinski definition) is 5. The first-order chi connectivity index (χ1) is 7.24. The molecule has 1 atom stereocenters. The second-order valence-electron chi connectivity index (χ2n) is 4.22. The van der Waals surface area contributed by atoms with Crippen LogP contribution in [0.5, 0.6) is 0 Å². The molecule has 1 aromatic rings. The summed E-state index contributed by atoms with van der Waals surface area (Å²) in [5, 5.41) is 7.20. The fourth-order valence-corrected chi connectivity index (χ4v) is 1.98. The standard InChI is InChI=1S/C10H18N4O/c1-8-12-10(15-13-8)6-11-9-4-3-5-14(2)7-9/h9,11H,3-7H2,1-2H3. The van der Waals surface area contributed by atoms with Crippen LogP contribution in [0.2, 0.25) is 0 Å². The lowest BCUT2D eigenvalue weighted by Gasteiger charge is -2.29. The molecular formula is C10H18N4O. The molecule has 0 amide bonds. The van der Waals surface area contributed by atoms with E-state index in [4.69, 9.17) is 4.52 Å². The number of aromatic nitrogens is 2. The highest BCUT2D eigenvalue weighted by atomic mass is 16.5. The molecule has 1 N–H and O–H groups in total. The van der Waals surface area contributed by atoms with Gasteiger partial charge in [0.15, 0.2) is 5.82 Å². The van der Waals surface area contributed by atoms with Gasteiger partial charge in [0, 0.05) is 12.6 Å². The average Bonchev–Trinajstić information content (AvgIpc) is 2.62. The topological polar surface area (TPSA) is 54.2 Å². The summed E-state index contributed by atoms with van der Waals surface area (Å²) in [6.07, 6.45) is 2.49. The molecule has 1 aromatic heterocycles. The SMILES string of the molecule is Cc1noc(CNC2CCCN(C)C2)n1. The Morgan fingerprint density at radius 2 is 2.47 bits per heavy atom. The van der Waals surface area contributed by atoms with Crippen molar-refractivity contribution in [3.8, 4) is 0 Å². The Morgan fingerprint density at radius 1 is 1.60 bits per heavy atom. The predicted octanol–water partition coefficient (Wildman–Crippen LogP) is 0.562. The minimum Gasteiger partial charge on any atom is -0.338 e. The van der Waals surface area contributed by atoms with Crippen molar-refractivity contribution >= 4 is 0 Å². The van der Waals surface area contributed by atoms with Crippen LogP contribution < -0.4 is 5.32 Å². The summed E-state index contributed by atoms with van der Waals surface area (Å²) in [7, 11) is 2.16. The monoisotopic (exact) mass is 210 g/mol. The summed E-state index contributed by atoms with van der Waals surface area (Å²) in [5.41, 5.74) is 0. The van der Waals surface area contributed by atoms with Crippen molar-refractivity contribution in [1.29, 1.82) is 0 Å². The Kier molecular flexibility index (Phi) is 3.33. The zero-order valence-electron chi connectivity index (χ0n) is 9.36. The van der Waals surface area contributed by atoms with Crippen LogP contribution in [-0.2, 0) is 6.54 Å². The van der Waals surface area contributed by atoms with Crippen molar-refractivity contribution in [2.24, 2.45) is 0 Å². The number of likely N-dealkylation sites (tertiary alicyclic amines) is 1. The summed E-state index contributed by atoms with van der Waals surface area (Å²) in [4.78, 5) is 6.51. The molecule has 15 heavy (non-hydrogen) atoms. The normalized spacial score (nSPS) is 23.2. The van der Waals surface area contributed by atoms with Gasteiger partial charge in [0.1, 0.15) is 0 Å². The zero-order chi connectivity index (χ0) is 10.7. The van der Waals surface area contributed by atoms with E-state index < -0.39 is 0 Å². The van der Waals surface area contributed by atoms with Gasteiger partial charge in [-0.1, -0.05) is 5.16 Å². The van der Waals surface area contributed by atoms with Crippen molar-refractivity contribution in [1.82, 2.24) is 20.4 Å². The predicted molar refractivity (Wildman–Crippen MR) is 56.4 cm³/mol. The fraction of sp³-hybridized carbons (Fsp3) is 0.800. The maximum atomic E-state index is 5.04. The number of nitrogens with zero attached hydrogens (tertiary/aromatic N) is 3. The summed E-state index contributed by atoms with van der Waals surface area (Å²) in [5.74, 6) is 1.38. The van der Waals surface area contributed by atoms with E-state index in [1.165, 1.54) is 19.4 Å². The van der Waals surface area contributed by atoms with E-state index in [2.05, 4.69) is 27.4 Å². The van der Waals surface area contributed by atoms with Crippen molar-refractivity contribution in [2.75, 3.05) is 20.1 Å². The molecule has 1 aliphatic rings. The van der Waals surface area contributed by atoms with E-state index in [1.807, 2.05) is 6.92 Å². The van der Waals surface area contributed by atoms with Gasteiger partial charge in [0.25, 0.3) is 0 Å². The van der Waals surface area contributed by atoms with Crippen LogP contribution in [-0.4, -0.2) is 41.2 Å². The Labute approximate surface area is 89.8 Å². The van der Waals surface area contributed by atoms with E-state index in [0.29, 0.717) is 24.3 Å². The third-order valence-corrected chi connectivity index (χ3v) is 2.74. The molecule has 84 valence electrons. The molecule has 0 spiro atoms. The van der Waals surface area contributed by atoms with Crippen LogP contribution in [0.15, 0.2) is 4.52 Å². The van der Waals surface area contributed by atoms with Crippen LogP contribution in [0.1, 0.15) is 24.6 Å². The maximum absolute atomic E-state index is 5.04. The highest BCUT2D eigenvalue weighted by Gasteiger charge is 2.17. The molecule has 1 unspecified atom stereocenters. The number of likely N-dealkylation sites (N-methyl/N-ethyl adjacent to an activating group) is 1. The number of piperidine rings is 1. The second kappa shape index (κ2) is 4.72. The third-order valence-electron chi connectivity index (χ3n) is 2.74. The van der Waals surface area contributed by atoms with Crippen LogP contribution in [0.3, 0.4) is 0 Å². The molecule has 0 saturated carbocycles. The van der Waals surface area contributed by atoms with Gasteiger partial charge < -0.3 is 14.7 Å². The largest absolute Gasteiger partial charge is 0.338 e. The molecule has 2 rings (SSSR count). The van der Waals surface area contributed by atoms with Crippen LogP contribution in [0.4, 0.5) is 0 Å². The lowest BCUT2D eigenvalue weighted by molar-refractivity contribution is 0.221. The quantitative estimate of drug-likeness (QED) is 0.790. The maximum Gasteiger partial charge on any atom is 0.240 e. The first-order valence-corrected chi connectivity index (χ1v) is 5.45. The highest BCUT2D eigenvalue weighted by Crippen LogP contribution is 2.08. The van der Waals surface area contributed by atoms with Crippen LogP contribution >= 0.6 is 0 Å². The van der Waals surface area contributed by atoms with Gasteiger partial charge in [0.05, 0.1) is 6.54 Å². The molecule has 1 saturated heterocycles. The Morgan fingerprint density at radius 3 is 3.13 bits per heavy atom. The first kappa shape index (κ1) is 10.6. The highest BCUT2D eigenvalue weighted by molar-refractivity contribution is 4.84. The molecule has 0 radical (unpaired) electrons. The van der Waals surface area contributed by atoms with Gasteiger partial charge in [-0.25, -0.2) is 0 Å². The van der Waals surface area contributed by atoms with Gasteiger partial charge in [0.2, 0.25) is 5.89 Å². The number of hydrogen-bond donors (Lipinski definition) is 1. The van der Waals surface area contributed by atoms with Crippen molar-refractivity contribution < 1.29 is 4.52 Å². The Balaban J connectivity index is 1.77. The van der Waals surface area contributed by atoms with Crippen molar-refractivity contribution in [3.63, 3.8) is 0 Å². The van der Waals surface area contributed by atoms with Gasteiger partial charge in [-0.05, 0) is 33.4 Å². The molecule has 0 bridgehead atoms. The number of aryl methyl sites for hydroxylation is 1. The van der Waals surface area contributed by atoms with Gasteiger partial charge >= 0.3 is 0 Å². The van der Waals surface area contributed by atoms with E-state index in [1.54, 1.807) is 0 Å². The first-order valence-electron chi connectivity index (χ1n) is 5.45. The molecule has 2 heterocycles. The molecular weight excluding hydrogens is 192 g/mol. The van der Waals surface area contributed by atoms with Crippen molar-refractivity contribution in [3.05, 3.63) is 11.7 Å². The number of rotatable bonds is 3. The van der Waals surface area contributed by atoms with Crippen LogP contribution in [0, 0.1) is 6.92 Å². The second-order valence-corrected chi connectivity index (χ2v) is 4.22. The lowest BCUT2D eigenvalue weighted by Crippen LogP contribution is -2.43. The van der Waals surface area contributed by atoms with E-state index in [-0.39, 0.29) is 0 Å². The smallest absolute Gasteiger partial charge is 0.240 e. The summed E-state index contributed by atoms with van der Waals surface area (Å²) < 4.78 is 5.04. The molecule has 1 aliphatic heterocycles. The minimum absolute atomic E-state index is 0.552. The summed E-state index contributed by atoms with van der Waals surface area (Å²) >= 11 is 0. The lowest BCUT2D eigenvalue weighted by atomic mass is 10.1. The van der Waals surface area contributed by atoms with Gasteiger partial charge in [-0.2, -0.15) is 4.98 Å². The molecule has 5 nitrogen and oxygen atoms in total. The minimum atomic E-state index is 0.552. The summed E-state index contributed by atoms with van der Waals surface area (Å²) in [6.45, 7) is 4.83. The van der Waals surface area contributed by atoms with Crippen molar-refractivity contribution in [2.45, 2.75) is 32.4 Å². The van der Waals surface area contributed by atoms with E-state index in [9.17, 15) is 0 Å². The van der Waals surface area contributed by atoms with Gasteiger partial charge in [-0.3, -0.25) is 0 Å². The average molecular weight is 210 g/mol. The van der Waals surface area contributed by atoms with Gasteiger partial charge in [-0.15, -0.1) is 0 Å². The molecule has 5 heteroatoms. The van der Waals surface area contributed by atoms with E-state index >= 15 is 0 Å². The summed E-state index contributed by atoms with van der Waals surface area (Å²) in [6, 6.07) is 0.552. The number of nitrogens with one attached hydrogen (secondary N) is 1. The third kappa shape index (κ3) is 3.00. The Bertz CT molecular complexity index is 312. The van der Waals surface area contributed by atoms with E-state index in [0.717, 1.165) is 6.54 Å². The molecule has 1 fully saturated rings. The molecule has 0 aromatic carbocycles. The molecule has 0 aliphatic carbocycles. The Hall–Kier alpha value is -0.940. The zero-order valence-corrected chi connectivity index (χ0v) is 9.36. The van der Waals surface area contributed by atoms with Crippen LogP contribution in [0.25, 0.3) is 0 Å². The fourth-order valence-electron chi connectivity index (χ4n) is 1.98.